The van der Waals surface area contributed by atoms with Crippen molar-refractivity contribution in [1.29, 1.82) is 0 Å². The SMILES string of the molecule is CO[C@H]1C[C@@H](O)[C@@H](O)C(C)O1. The quantitative estimate of drug-likeness (QED) is 0.545. The van der Waals surface area contributed by atoms with Crippen LogP contribution in [0.1, 0.15) is 13.3 Å². The fraction of sp³-hybridized carbons (Fsp3) is 1.00. The van der Waals surface area contributed by atoms with Crippen LogP contribution in [0.3, 0.4) is 0 Å². The fourth-order valence-electron chi connectivity index (χ4n) is 1.18. The van der Waals surface area contributed by atoms with Crippen LogP contribution in [0.2, 0.25) is 0 Å². The van der Waals surface area contributed by atoms with Gasteiger partial charge in [-0.2, -0.15) is 0 Å². The van der Waals surface area contributed by atoms with Crippen LogP contribution in [-0.4, -0.2) is 41.9 Å². The van der Waals surface area contributed by atoms with Crippen molar-refractivity contribution in [2.75, 3.05) is 7.11 Å². The molecule has 0 radical (unpaired) electrons. The van der Waals surface area contributed by atoms with Gasteiger partial charge in [0.15, 0.2) is 6.29 Å². The lowest BCUT2D eigenvalue weighted by Gasteiger charge is -2.34. The van der Waals surface area contributed by atoms with Crippen molar-refractivity contribution in [3.05, 3.63) is 0 Å². The van der Waals surface area contributed by atoms with E-state index in [1.54, 1.807) is 6.92 Å². The number of ether oxygens (including phenoxy) is 2. The van der Waals surface area contributed by atoms with E-state index in [9.17, 15) is 10.2 Å². The minimum Gasteiger partial charge on any atom is -0.390 e. The summed E-state index contributed by atoms with van der Waals surface area (Å²) < 4.78 is 10.1. The smallest absolute Gasteiger partial charge is 0.160 e. The summed E-state index contributed by atoms with van der Waals surface area (Å²) in [5.74, 6) is 0. The van der Waals surface area contributed by atoms with E-state index in [-0.39, 0.29) is 12.4 Å². The third-order valence-corrected chi connectivity index (χ3v) is 1.94. The molecule has 0 aliphatic carbocycles. The molecule has 1 unspecified atom stereocenters. The van der Waals surface area contributed by atoms with Gasteiger partial charge >= 0.3 is 0 Å². The summed E-state index contributed by atoms with van der Waals surface area (Å²) >= 11 is 0. The minimum atomic E-state index is -0.790. The van der Waals surface area contributed by atoms with Gasteiger partial charge in [-0.25, -0.2) is 0 Å². The number of methoxy groups -OCH3 is 1. The summed E-state index contributed by atoms with van der Waals surface area (Å²) in [7, 11) is 1.52. The highest BCUT2D eigenvalue weighted by atomic mass is 16.7. The highest BCUT2D eigenvalue weighted by Crippen LogP contribution is 2.19. The molecule has 1 fully saturated rings. The largest absolute Gasteiger partial charge is 0.390 e. The average molecular weight is 162 g/mol. The van der Waals surface area contributed by atoms with E-state index >= 15 is 0 Å². The van der Waals surface area contributed by atoms with Crippen molar-refractivity contribution in [2.45, 2.75) is 37.9 Å². The van der Waals surface area contributed by atoms with Crippen LogP contribution in [0.25, 0.3) is 0 Å². The molecular weight excluding hydrogens is 148 g/mol. The van der Waals surface area contributed by atoms with Crippen LogP contribution in [0.5, 0.6) is 0 Å². The third kappa shape index (κ3) is 1.90. The van der Waals surface area contributed by atoms with Gasteiger partial charge in [-0.1, -0.05) is 0 Å². The van der Waals surface area contributed by atoms with E-state index in [1.807, 2.05) is 0 Å². The first-order valence-electron chi connectivity index (χ1n) is 3.69. The van der Waals surface area contributed by atoms with E-state index in [4.69, 9.17) is 9.47 Å². The molecule has 1 heterocycles. The second-order valence-electron chi connectivity index (χ2n) is 2.80. The van der Waals surface area contributed by atoms with Gasteiger partial charge in [0.1, 0.15) is 6.10 Å². The lowest BCUT2D eigenvalue weighted by molar-refractivity contribution is -0.237. The van der Waals surface area contributed by atoms with Crippen LogP contribution in [-0.2, 0) is 9.47 Å². The van der Waals surface area contributed by atoms with Crippen molar-refractivity contribution in [2.24, 2.45) is 0 Å². The number of aliphatic hydroxyl groups is 2. The van der Waals surface area contributed by atoms with E-state index in [0.717, 1.165) is 0 Å². The number of rotatable bonds is 1. The van der Waals surface area contributed by atoms with Gasteiger partial charge in [0.25, 0.3) is 0 Å². The highest BCUT2D eigenvalue weighted by Gasteiger charge is 2.33. The van der Waals surface area contributed by atoms with Gasteiger partial charge in [0.05, 0.1) is 12.2 Å². The predicted molar refractivity (Wildman–Crippen MR) is 38.0 cm³/mol. The molecule has 1 saturated heterocycles. The Bertz CT molecular complexity index is 116. The molecule has 0 bridgehead atoms. The Hall–Kier alpha value is -0.160. The molecule has 2 N–H and O–H groups in total. The minimum absolute atomic E-state index is 0.335. The van der Waals surface area contributed by atoms with Gasteiger partial charge in [-0.3, -0.25) is 0 Å². The van der Waals surface area contributed by atoms with E-state index in [2.05, 4.69) is 0 Å². The molecule has 0 saturated carbocycles. The van der Waals surface area contributed by atoms with Crippen molar-refractivity contribution in [1.82, 2.24) is 0 Å². The molecule has 1 rings (SSSR count). The summed E-state index contributed by atoms with van der Waals surface area (Å²) in [6.45, 7) is 1.71. The second-order valence-corrected chi connectivity index (χ2v) is 2.80. The van der Waals surface area contributed by atoms with Crippen molar-refractivity contribution < 1.29 is 19.7 Å². The van der Waals surface area contributed by atoms with E-state index in [1.165, 1.54) is 7.11 Å². The number of hydrogen-bond acceptors (Lipinski definition) is 4. The molecule has 66 valence electrons. The van der Waals surface area contributed by atoms with Crippen LogP contribution in [0.4, 0.5) is 0 Å². The molecule has 0 spiro atoms. The average Bonchev–Trinajstić information content (AvgIpc) is 1.99. The zero-order chi connectivity index (χ0) is 8.43. The zero-order valence-corrected chi connectivity index (χ0v) is 6.73. The normalized spacial score (nSPS) is 45.8. The molecule has 0 aromatic heterocycles. The Labute approximate surface area is 65.7 Å². The second kappa shape index (κ2) is 3.49. The van der Waals surface area contributed by atoms with Gasteiger partial charge in [-0.05, 0) is 6.92 Å². The first kappa shape index (κ1) is 8.93. The van der Waals surface area contributed by atoms with Crippen molar-refractivity contribution in [3.63, 3.8) is 0 Å². The van der Waals surface area contributed by atoms with E-state index in [0.29, 0.717) is 6.42 Å². The number of hydrogen-bond donors (Lipinski definition) is 2. The molecule has 0 aromatic carbocycles. The Morgan fingerprint density at radius 2 is 2.09 bits per heavy atom. The Balaban J connectivity index is 2.47. The standard InChI is InChI=1S/C7H14O4/c1-4-7(9)5(8)3-6(10-2)11-4/h4-9H,3H2,1-2H3/t4?,5-,6-,7+/m1/s1. The van der Waals surface area contributed by atoms with Gasteiger partial charge in [0.2, 0.25) is 0 Å². The summed E-state index contributed by atoms with van der Waals surface area (Å²) in [6, 6.07) is 0. The molecule has 4 heteroatoms. The molecular formula is C7H14O4. The van der Waals surface area contributed by atoms with Crippen LogP contribution < -0.4 is 0 Å². The molecule has 1 aliphatic heterocycles. The van der Waals surface area contributed by atoms with Crippen LogP contribution in [0, 0.1) is 0 Å². The van der Waals surface area contributed by atoms with Crippen LogP contribution in [0.15, 0.2) is 0 Å². The molecule has 4 nitrogen and oxygen atoms in total. The highest BCUT2D eigenvalue weighted by molar-refractivity contribution is 4.79. The summed E-state index contributed by atoms with van der Waals surface area (Å²) in [6.07, 6.45) is -1.93. The molecule has 11 heavy (non-hydrogen) atoms. The molecule has 1 aliphatic rings. The summed E-state index contributed by atoms with van der Waals surface area (Å²) in [5.41, 5.74) is 0. The predicted octanol–water partition coefficient (Wildman–Crippen LogP) is -0.510. The van der Waals surface area contributed by atoms with Crippen molar-refractivity contribution >= 4 is 0 Å². The van der Waals surface area contributed by atoms with Gasteiger partial charge in [-0.15, -0.1) is 0 Å². The lowest BCUT2D eigenvalue weighted by Crippen LogP contribution is -2.47. The summed E-state index contributed by atoms with van der Waals surface area (Å²) in [5, 5.41) is 18.5. The molecule has 0 amide bonds. The third-order valence-electron chi connectivity index (χ3n) is 1.94. The molecule has 0 aromatic rings. The fourth-order valence-corrected chi connectivity index (χ4v) is 1.18. The Morgan fingerprint density at radius 3 is 2.55 bits per heavy atom. The topological polar surface area (TPSA) is 58.9 Å². The first-order chi connectivity index (χ1) is 5.15. The van der Waals surface area contributed by atoms with Gasteiger partial charge in [0, 0.05) is 13.5 Å². The molecule has 4 atom stereocenters. The number of aliphatic hydroxyl groups excluding tert-OH is 2. The monoisotopic (exact) mass is 162 g/mol. The van der Waals surface area contributed by atoms with Crippen LogP contribution >= 0.6 is 0 Å². The van der Waals surface area contributed by atoms with E-state index < -0.39 is 12.2 Å². The Kier molecular flexibility index (Phi) is 2.84. The van der Waals surface area contributed by atoms with Gasteiger partial charge < -0.3 is 19.7 Å². The first-order valence-corrected chi connectivity index (χ1v) is 3.69. The Morgan fingerprint density at radius 1 is 1.45 bits per heavy atom. The maximum absolute atomic E-state index is 9.24. The maximum Gasteiger partial charge on any atom is 0.160 e. The lowest BCUT2D eigenvalue weighted by atomic mass is 10.0. The van der Waals surface area contributed by atoms with Crippen molar-refractivity contribution in [3.8, 4) is 0 Å². The maximum atomic E-state index is 9.24. The zero-order valence-electron chi connectivity index (χ0n) is 6.73. The summed E-state index contributed by atoms with van der Waals surface area (Å²) in [4.78, 5) is 0.